The Morgan fingerprint density at radius 3 is 1.11 bits per heavy atom. The molecule has 5 heteroatoms. The average Bonchev–Trinajstić information content (AvgIpc) is 3.30. The van der Waals surface area contributed by atoms with Crippen molar-refractivity contribution in [2.24, 2.45) is 0 Å². The number of carbonyl (C=O) groups is 2. The largest absolute Gasteiger partial charge is 0.462 e. The fourth-order valence-corrected chi connectivity index (χ4v) is 7.91. The number of hydrogen-bond acceptors (Lipinski definition) is 5. The monoisotopic (exact) mass is 895 g/mol. The quantitative estimate of drug-likeness (QED) is 0.0346. The van der Waals surface area contributed by atoms with E-state index in [0.717, 1.165) is 51.4 Å². The molecule has 0 N–H and O–H groups in total. The van der Waals surface area contributed by atoms with Crippen molar-refractivity contribution in [3.05, 3.63) is 60.8 Å². The van der Waals surface area contributed by atoms with Crippen molar-refractivity contribution in [2.75, 3.05) is 19.8 Å². The second-order valence-corrected chi connectivity index (χ2v) is 18.5. The summed E-state index contributed by atoms with van der Waals surface area (Å²) in [4.78, 5) is 25.4. The molecule has 372 valence electrons. The van der Waals surface area contributed by atoms with Crippen LogP contribution in [0.15, 0.2) is 60.8 Å². The summed E-state index contributed by atoms with van der Waals surface area (Å²) in [6, 6.07) is 0. The molecule has 0 radical (unpaired) electrons. The summed E-state index contributed by atoms with van der Waals surface area (Å²) < 4.78 is 17.4. The summed E-state index contributed by atoms with van der Waals surface area (Å²) in [5.74, 6) is -0.479. The highest BCUT2D eigenvalue weighted by Crippen LogP contribution is 2.16. The average molecular weight is 895 g/mol. The summed E-state index contributed by atoms with van der Waals surface area (Å²) >= 11 is 0. The van der Waals surface area contributed by atoms with Gasteiger partial charge in [-0.05, 0) is 57.8 Å². The first-order valence-electron chi connectivity index (χ1n) is 27.8. The Hall–Kier alpha value is -2.40. The maximum absolute atomic E-state index is 12.8. The number of rotatable bonds is 51. The first kappa shape index (κ1) is 61.6. The highest BCUT2D eigenvalue weighted by Gasteiger charge is 2.17. The molecule has 0 aromatic heterocycles. The smallest absolute Gasteiger partial charge is 0.306 e. The topological polar surface area (TPSA) is 61.8 Å². The molecule has 0 fully saturated rings. The number of unbranched alkanes of at least 4 members (excludes halogenated alkanes) is 30. The van der Waals surface area contributed by atoms with Crippen LogP contribution in [0.2, 0.25) is 0 Å². The Balaban J connectivity index is 4.36. The number of allylic oxidation sites excluding steroid dienone is 10. The maximum atomic E-state index is 12.8. The van der Waals surface area contributed by atoms with Crippen molar-refractivity contribution in [3.8, 4) is 0 Å². The van der Waals surface area contributed by atoms with Gasteiger partial charge in [-0.15, -0.1) is 0 Å². The highest BCUT2D eigenvalue weighted by atomic mass is 16.6. The van der Waals surface area contributed by atoms with Gasteiger partial charge in [0.1, 0.15) is 6.61 Å². The van der Waals surface area contributed by atoms with E-state index in [1.54, 1.807) is 0 Å². The maximum Gasteiger partial charge on any atom is 0.306 e. The van der Waals surface area contributed by atoms with E-state index >= 15 is 0 Å². The van der Waals surface area contributed by atoms with Crippen molar-refractivity contribution in [1.82, 2.24) is 0 Å². The van der Waals surface area contributed by atoms with Crippen molar-refractivity contribution in [1.29, 1.82) is 0 Å². The van der Waals surface area contributed by atoms with Gasteiger partial charge < -0.3 is 14.2 Å². The Morgan fingerprint density at radius 2 is 0.688 bits per heavy atom. The molecule has 0 spiro atoms. The summed E-state index contributed by atoms with van der Waals surface area (Å²) in [5.41, 5.74) is 0. The van der Waals surface area contributed by atoms with Crippen LogP contribution in [0.1, 0.15) is 278 Å². The van der Waals surface area contributed by atoms with Crippen LogP contribution in [0.3, 0.4) is 0 Å². The van der Waals surface area contributed by atoms with Crippen LogP contribution in [0.5, 0.6) is 0 Å². The van der Waals surface area contributed by atoms with Crippen molar-refractivity contribution >= 4 is 11.9 Å². The van der Waals surface area contributed by atoms with Crippen molar-refractivity contribution in [2.45, 2.75) is 284 Å². The minimum absolute atomic E-state index is 0.0594. The first-order chi connectivity index (χ1) is 31.6. The molecule has 0 aromatic rings. The minimum atomic E-state index is -0.572. The van der Waals surface area contributed by atoms with Crippen LogP contribution in [0.25, 0.3) is 0 Å². The molecule has 0 unspecified atom stereocenters. The fourth-order valence-electron chi connectivity index (χ4n) is 7.91. The van der Waals surface area contributed by atoms with Gasteiger partial charge in [0, 0.05) is 19.4 Å². The van der Waals surface area contributed by atoms with Crippen molar-refractivity contribution < 1.29 is 23.8 Å². The predicted octanol–water partition coefficient (Wildman–Crippen LogP) is 18.9. The normalized spacial score (nSPS) is 12.6. The molecular weight excluding hydrogens is 789 g/mol. The Morgan fingerprint density at radius 1 is 0.344 bits per heavy atom. The lowest BCUT2D eigenvalue weighted by Crippen LogP contribution is -2.30. The zero-order chi connectivity index (χ0) is 46.3. The summed E-state index contributed by atoms with van der Waals surface area (Å²) in [7, 11) is 0. The zero-order valence-corrected chi connectivity index (χ0v) is 42.8. The van der Waals surface area contributed by atoms with Gasteiger partial charge in [-0.1, -0.05) is 268 Å². The molecule has 0 saturated carbocycles. The lowest BCUT2D eigenvalue weighted by atomic mass is 10.0. The molecule has 0 bridgehead atoms. The van der Waals surface area contributed by atoms with E-state index in [9.17, 15) is 9.59 Å². The molecule has 0 heterocycles. The van der Waals surface area contributed by atoms with E-state index < -0.39 is 6.10 Å². The van der Waals surface area contributed by atoms with Gasteiger partial charge in [-0.3, -0.25) is 9.59 Å². The van der Waals surface area contributed by atoms with Gasteiger partial charge >= 0.3 is 11.9 Å². The molecule has 0 aliphatic rings. The zero-order valence-electron chi connectivity index (χ0n) is 42.8. The van der Waals surface area contributed by atoms with Crippen molar-refractivity contribution in [3.63, 3.8) is 0 Å². The second-order valence-electron chi connectivity index (χ2n) is 18.5. The van der Waals surface area contributed by atoms with Crippen LogP contribution in [-0.4, -0.2) is 37.9 Å². The van der Waals surface area contributed by atoms with E-state index in [0.29, 0.717) is 25.9 Å². The van der Waals surface area contributed by atoms with Crippen LogP contribution >= 0.6 is 0 Å². The molecule has 0 aromatic carbocycles. The van der Waals surface area contributed by atoms with Crippen LogP contribution < -0.4 is 0 Å². The predicted molar refractivity (Wildman–Crippen MR) is 279 cm³/mol. The molecule has 0 saturated heterocycles. The molecular formula is C59H106O5. The summed E-state index contributed by atoms with van der Waals surface area (Å²) in [6.45, 7) is 7.76. The van der Waals surface area contributed by atoms with Gasteiger partial charge in [0.15, 0.2) is 6.10 Å². The standard InChI is InChI=1S/C59H106O5/c1-4-7-10-13-16-19-22-25-27-29-30-31-32-35-38-41-44-47-50-53-59(61)64-57(56-63-58(60)52-49-46-43-40-37-34-24-21-18-15-12-9-6-3)55-62-54-51-48-45-42-39-36-33-28-26-23-20-17-14-11-8-5-2/h16,19,25,27,30-31,35,38,44,47,57H,4-15,17-18,20-24,26,28-29,32-34,36-37,39-43,45-46,48-56H2,1-3H3/b19-16-,27-25-,31-30-,38-35-,47-44-/t57-/m1/s1. The molecule has 0 amide bonds. The third-order valence-corrected chi connectivity index (χ3v) is 12.1. The lowest BCUT2D eigenvalue weighted by molar-refractivity contribution is -0.162. The summed E-state index contributed by atoms with van der Waals surface area (Å²) in [5, 5.41) is 0. The second kappa shape index (κ2) is 54.9. The highest BCUT2D eigenvalue weighted by molar-refractivity contribution is 5.70. The molecule has 0 aliphatic heterocycles. The van der Waals surface area contributed by atoms with Gasteiger partial charge in [0.2, 0.25) is 0 Å². The first-order valence-corrected chi connectivity index (χ1v) is 27.8. The third-order valence-electron chi connectivity index (χ3n) is 12.1. The van der Waals surface area contributed by atoms with Gasteiger partial charge in [0.05, 0.1) is 6.61 Å². The Labute approximate surface area is 398 Å². The van der Waals surface area contributed by atoms with Crippen LogP contribution in [0.4, 0.5) is 0 Å². The van der Waals surface area contributed by atoms with Gasteiger partial charge in [0.25, 0.3) is 0 Å². The van der Waals surface area contributed by atoms with E-state index in [-0.39, 0.29) is 25.2 Å². The molecule has 0 aliphatic carbocycles. The van der Waals surface area contributed by atoms with E-state index in [1.807, 2.05) is 6.08 Å². The number of hydrogen-bond donors (Lipinski definition) is 0. The third kappa shape index (κ3) is 52.2. The minimum Gasteiger partial charge on any atom is -0.462 e. The van der Waals surface area contributed by atoms with E-state index in [2.05, 4.69) is 75.5 Å². The van der Waals surface area contributed by atoms with E-state index in [1.165, 1.54) is 186 Å². The van der Waals surface area contributed by atoms with E-state index in [4.69, 9.17) is 14.2 Å². The fraction of sp³-hybridized carbons (Fsp3) is 0.797. The number of esters is 2. The van der Waals surface area contributed by atoms with Crippen LogP contribution in [0, 0.1) is 0 Å². The molecule has 0 rings (SSSR count). The lowest BCUT2D eigenvalue weighted by Gasteiger charge is -2.18. The Bertz CT molecular complexity index is 1100. The van der Waals surface area contributed by atoms with Gasteiger partial charge in [-0.2, -0.15) is 0 Å². The summed E-state index contributed by atoms with van der Waals surface area (Å²) in [6.07, 6.45) is 69.6. The van der Waals surface area contributed by atoms with Crippen LogP contribution in [-0.2, 0) is 23.8 Å². The molecule has 5 nitrogen and oxygen atoms in total. The SMILES string of the molecule is CCCCC/C=C\C/C=C\C/C=C\C/C=C\C/C=C\CCC(=O)O[C@H](COCCCCCCCCCCCCCCCCCC)COC(=O)CCCCCCCCCCCCCCC. The number of ether oxygens (including phenoxy) is 3. The number of carbonyl (C=O) groups excluding carboxylic acids is 2. The molecule has 1 atom stereocenters. The van der Waals surface area contributed by atoms with Gasteiger partial charge in [-0.25, -0.2) is 0 Å². The Kier molecular flexibility index (Phi) is 52.9. The molecule has 64 heavy (non-hydrogen) atoms.